The van der Waals surface area contributed by atoms with Crippen molar-refractivity contribution in [1.29, 1.82) is 5.26 Å². The van der Waals surface area contributed by atoms with E-state index in [1.165, 1.54) is 31.6 Å². The number of ether oxygens (including phenoxy) is 3. The highest BCUT2D eigenvalue weighted by Gasteiger charge is 2.23. The summed E-state index contributed by atoms with van der Waals surface area (Å²) in [5, 5.41) is 14.2. The van der Waals surface area contributed by atoms with Crippen molar-refractivity contribution >= 4 is 39.8 Å². The van der Waals surface area contributed by atoms with Crippen LogP contribution in [0.4, 0.5) is 5.00 Å². The highest BCUT2D eigenvalue weighted by atomic mass is 35.5. The number of amides is 1. The van der Waals surface area contributed by atoms with Gasteiger partial charge in [0.2, 0.25) is 0 Å². The monoisotopic (exact) mass is 456 g/mol. The molecule has 0 bridgehead atoms. The number of halogens is 1. The summed E-state index contributed by atoms with van der Waals surface area (Å²) in [6, 6.07) is 13.7. The number of nitriles is 1. The van der Waals surface area contributed by atoms with E-state index >= 15 is 0 Å². The second kappa shape index (κ2) is 9.98. The fraction of sp³-hybridized carbons (Fsp3) is 0.136. The predicted octanol–water partition coefficient (Wildman–Crippen LogP) is 4.75. The Balaban J connectivity index is 1.80. The van der Waals surface area contributed by atoms with E-state index in [0.29, 0.717) is 38.2 Å². The van der Waals surface area contributed by atoms with Crippen molar-refractivity contribution in [3.63, 3.8) is 0 Å². The number of rotatable bonds is 7. The number of nitrogens with zero attached hydrogens (tertiary/aromatic N) is 1. The van der Waals surface area contributed by atoms with Crippen LogP contribution < -0.4 is 14.8 Å². The quantitative estimate of drug-likeness (QED) is 0.515. The van der Waals surface area contributed by atoms with Crippen LogP contribution in [0.2, 0.25) is 5.02 Å². The van der Waals surface area contributed by atoms with Crippen molar-refractivity contribution in [1.82, 2.24) is 0 Å². The van der Waals surface area contributed by atoms with Gasteiger partial charge in [0.15, 0.2) is 18.1 Å². The highest BCUT2D eigenvalue weighted by Crippen LogP contribution is 2.39. The minimum atomic E-state index is -0.596. The van der Waals surface area contributed by atoms with Crippen LogP contribution in [0.5, 0.6) is 11.5 Å². The van der Waals surface area contributed by atoms with E-state index < -0.39 is 11.9 Å². The lowest BCUT2D eigenvalue weighted by Crippen LogP contribution is -2.21. The molecular weight excluding hydrogens is 440 g/mol. The molecule has 0 saturated carbocycles. The van der Waals surface area contributed by atoms with Gasteiger partial charge in [-0.05, 0) is 18.2 Å². The number of thiophene rings is 1. The average molecular weight is 457 g/mol. The average Bonchev–Trinajstić information content (AvgIpc) is 3.20. The van der Waals surface area contributed by atoms with Crippen molar-refractivity contribution in [3.8, 4) is 28.7 Å². The SMILES string of the molecule is COC(=O)c1c(-c2ccccc2Cl)csc1NC(=O)COc1ccc(C#N)cc1OC. The Bertz CT molecular complexity index is 1170. The van der Waals surface area contributed by atoms with Gasteiger partial charge in [0.05, 0.1) is 25.9 Å². The lowest BCUT2D eigenvalue weighted by atomic mass is 10.0. The lowest BCUT2D eigenvalue weighted by molar-refractivity contribution is -0.118. The van der Waals surface area contributed by atoms with E-state index in [-0.39, 0.29) is 12.2 Å². The summed E-state index contributed by atoms with van der Waals surface area (Å²) in [4.78, 5) is 24.9. The molecule has 0 aliphatic heterocycles. The van der Waals surface area contributed by atoms with Crippen LogP contribution in [0.15, 0.2) is 47.8 Å². The Hall–Kier alpha value is -3.54. The fourth-order valence-electron chi connectivity index (χ4n) is 2.79. The Labute approximate surface area is 187 Å². The number of esters is 1. The van der Waals surface area contributed by atoms with Crippen molar-refractivity contribution < 1.29 is 23.8 Å². The molecular formula is C22H17ClN2O5S. The highest BCUT2D eigenvalue weighted by molar-refractivity contribution is 7.15. The molecule has 2 aromatic carbocycles. The maximum absolute atomic E-state index is 12.5. The van der Waals surface area contributed by atoms with E-state index in [9.17, 15) is 9.59 Å². The van der Waals surface area contributed by atoms with Gasteiger partial charge in [0.1, 0.15) is 10.6 Å². The summed E-state index contributed by atoms with van der Waals surface area (Å²) < 4.78 is 15.6. The number of hydrogen-bond donors (Lipinski definition) is 1. The standard InChI is InChI=1S/C22H17ClN2O5S/c1-28-18-9-13(10-24)7-8-17(18)30-11-19(26)25-21-20(22(27)29-2)15(12-31-21)14-5-3-4-6-16(14)23/h3-9,12H,11H2,1-2H3,(H,25,26). The molecule has 1 N–H and O–H groups in total. The fourth-order valence-corrected chi connectivity index (χ4v) is 4.00. The molecule has 1 aromatic heterocycles. The van der Waals surface area contributed by atoms with Crippen molar-refractivity contribution in [2.24, 2.45) is 0 Å². The molecule has 7 nitrogen and oxygen atoms in total. The molecule has 0 fully saturated rings. The van der Waals surface area contributed by atoms with Gasteiger partial charge in [-0.25, -0.2) is 4.79 Å². The minimum Gasteiger partial charge on any atom is -0.493 e. The van der Waals surface area contributed by atoms with Gasteiger partial charge in [-0.15, -0.1) is 11.3 Å². The van der Waals surface area contributed by atoms with Crippen LogP contribution in [-0.2, 0) is 9.53 Å². The van der Waals surface area contributed by atoms with Gasteiger partial charge < -0.3 is 19.5 Å². The summed E-state index contributed by atoms with van der Waals surface area (Å²) >= 11 is 7.45. The Kier molecular flexibility index (Phi) is 7.13. The number of hydrogen-bond acceptors (Lipinski definition) is 7. The van der Waals surface area contributed by atoms with Gasteiger partial charge in [-0.3, -0.25) is 4.79 Å². The molecule has 3 rings (SSSR count). The third-order valence-electron chi connectivity index (χ3n) is 4.25. The number of benzene rings is 2. The maximum atomic E-state index is 12.5. The smallest absolute Gasteiger partial charge is 0.341 e. The van der Waals surface area contributed by atoms with Crippen molar-refractivity contribution in [3.05, 3.63) is 64.0 Å². The van der Waals surface area contributed by atoms with Crippen LogP contribution in [0.25, 0.3) is 11.1 Å². The molecule has 0 spiro atoms. The van der Waals surface area contributed by atoms with Crippen LogP contribution in [0.1, 0.15) is 15.9 Å². The minimum absolute atomic E-state index is 0.213. The Morgan fingerprint density at radius 2 is 1.90 bits per heavy atom. The van der Waals surface area contributed by atoms with Gasteiger partial charge in [-0.1, -0.05) is 29.8 Å². The van der Waals surface area contributed by atoms with E-state index in [1.54, 1.807) is 41.8 Å². The Morgan fingerprint density at radius 3 is 2.58 bits per heavy atom. The summed E-state index contributed by atoms with van der Waals surface area (Å²) in [6.07, 6.45) is 0. The van der Waals surface area contributed by atoms with Gasteiger partial charge in [0.25, 0.3) is 5.91 Å². The number of nitrogens with one attached hydrogen (secondary N) is 1. The molecule has 1 heterocycles. The first kappa shape index (κ1) is 22.2. The number of carbonyl (C=O) groups excluding carboxylic acids is 2. The maximum Gasteiger partial charge on any atom is 0.341 e. The van der Waals surface area contributed by atoms with Gasteiger partial charge in [-0.2, -0.15) is 5.26 Å². The first-order chi connectivity index (χ1) is 15.0. The van der Waals surface area contributed by atoms with Crippen LogP contribution >= 0.6 is 22.9 Å². The van der Waals surface area contributed by atoms with Crippen LogP contribution in [-0.4, -0.2) is 32.7 Å². The first-order valence-electron chi connectivity index (χ1n) is 8.94. The summed E-state index contributed by atoms with van der Waals surface area (Å²) in [6.45, 7) is -0.331. The summed E-state index contributed by atoms with van der Waals surface area (Å²) in [7, 11) is 2.70. The van der Waals surface area contributed by atoms with Crippen LogP contribution in [0.3, 0.4) is 0 Å². The second-order valence-corrected chi connectivity index (χ2v) is 7.43. The summed E-state index contributed by atoms with van der Waals surface area (Å²) in [5.74, 6) is -0.433. The van der Waals surface area contributed by atoms with Crippen molar-refractivity contribution in [2.75, 3.05) is 26.1 Å². The molecule has 0 atom stereocenters. The van der Waals surface area contributed by atoms with E-state index in [1.807, 2.05) is 6.07 Å². The first-order valence-corrected chi connectivity index (χ1v) is 10.2. The third-order valence-corrected chi connectivity index (χ3v) is 5.47. The van der Waals surface area contributed by atoms with Gasteiger partial charge in [0, 0.05) is 27.6 Å². The predicted molar refractivity (Wildman–Crippen MR) is 118 cm³/mol. The molecule has 31 heavy (non-hydrogen) atoms. The van der Waals surface area contributed by atoms with Crippen LogP contribution in [0, 0.1) is 11.3 Å². The second-order valence-electron chi connectivity index (χ2n) is 6.14. The zero-order valence-electron chi connectivity index (χ0n) is 16.6. The van der Waals surface area contributed by atoms with E-state index in [4.69, 9.17) is 31.1 Å². The molecule has 0 unspecified atom stereocenters. The lowest BCUT2D eigenvalue weighted by Gasteiger charge is -2.11. The summed E-state index contributed by atoms with van der Waals surface area (Å²) in [5.41, 5.74) is 1.83. The van der Waals surface area contributed by atoms with Crippen molar-refractivity contribution in [2.45, 2.75) is 0 Å². The molecule has 9 heteroatoms. The molecule has 158 valence electrons. The zero-order chi connectivity index (χ0) is 22.4. The normalized spacial score (nSPS) is 10.1. The molecule has 3 aromatic rings. The Morgan fingerprint density at radius 1 is 1.13 bits per heavy atom. The zero-order valence-corrected chi connectivity index (χ0v) is 18.2. The molecule has 0 saturated heterocycles. The number of carbonyl (C=O) groups is 2. The topological polar surface area (TPSA) is 97.6 Å². The number of anilines is 1. The third kappa shape index (κ3) is 4.97. The largest absolute Gasteiger partial charge is 0.493 e. The van der Waals surface area contributed by atoms with E-state index in [0.717, 1.165) is 0 Å². The molecule has 0 aliphatic rings. The van der Waals surface area contributed by atoms with E-state index in [2.05, 4.69) is 5.32 Å². The molecule has 0 aliphatic carbocycles. The molecule has 1 amide bonds. The number of methoxy groups -OCH3 is 2. The molecule has 0 radical (unpaired) electrons. The van der Waals surface area contributed by atoms with Gasteiger partial charge >= 0.3 is 5.97 Å².